The van der Waals surface area contributed by atoms with E-state index in [2.05, 4.69) is 68.5 Å². The molecule has 0 aliphatic heterocycles. The van der Waals surface area contributed by atoms with E-state index in [1.54, 1.807) is 19.5 Å². The van der Waals surface area contributed by atoms with Gasteiger partial charge in [-0.1, -0.05) is 33.3 Å². The van der Waals surface area contributed by atoms with Gasteiger partial charge in [-0.15, -0.1) is 10.2 Å². The third-order valence-electron chi connectivity index (χ3n) is 4.38. The number of benzene rings is 2. The lowest BCUT2D eigenvalue weighted by Crippen LogP contribution is -1.92. The Morgan fingerprint density at radius 1 is 0.966 bits per heavy atom. The van der Waals surface area contributed by atoms with Crippen molar-refractivity contribution in [2.75, 3.05) is 12.4 Å². The lowest BCUT2D eigenvalue weighted by molar-refractivity contribution is 0.416. The maximum absolute atomic E-state index is 5.66. The van der Waals surface area contributed by atoms with Crippen LogP contribution in [0.2, 0.25) is 0 Å². The largest absolute Gasteiger partial charge is 0.496 e. The molecule has 0 saturated carbocycles. The third kappa shape index (κ3) is 4.31. The summed E-state index contributed by atoms with van der Waals surface area (Å²) in [5.74, 6) is 0.764. The molecule has 0 bridgehead atoms. The molecule has 5 nitrogen and oxygen atoms in total. The van der Waals surface area contributed by atoms with Crippen LogP contribution in [0.25, 0.3) is 21.7 Å². The Kier molecular flexibility index (Phi) is 5.60. The van der Waals surface area contributed by atoms with Gasteiger partial charge in [-0.05, 0) is 66.9 Å². The van der Waals surface area contributed by atoms with Gasteiger partial charge in [-0.25, -0.2) is 0 Å². The molecule has 0 unspecified atom stereocenters. The molecule has 0 fully saturated rings. The second kappa shape index (κ2) is 8.31. The first kappa shape index (κ1) is 19.5. The van der Waals surface area contributed by atoms with Crippen LogP contribution >= 0.6 is 27.3 Å². The number of hydrogen-bond acceptors (Lipinski definition) is 6. The van der Waals surface area contributed by atoms with Crippen LogP contribution in [-0.4, -0.2) is 22.3 Å². The summed E-state index contributed by atoms with van der Waals surface area (Å²) in [4.78, 5) is 4.13. The molecule has 1 N–H and O–H groups in total. The monoisotopic (exact) mass is 466 g/mol. The van der Waals surface area contributed by atoms with Crippen molar-refractivity contribution in [2.45, 2.75) is 13.8 Å². The maximum Gasteiger partial charge on any atom is 0.210 e. The average molecular weight is 467 g/mol. The molecular weight excluding hydrogens is 448 g/mol. The minimum Gasteiger partial charge on any atom is -0.496 e. The molecule has 0 aliphatic carbocycles. The molecule has 0 atom stereocenters. The molecule has 7 heteroatoms. The molecule has 29 heavy (non-hydrogen) atoms. The van der Waals surface area contributed by atoms with Crippen molar-refractivity contribution in [1.82, 2.24) is 15.2 Å². The Balaban J connectivity index is 1.77. The van der Waals surface area contributed by atoms with E-state index in [9.17, 15) is 0 Å². The quantitative estimate of drug-likeness (QED) is 0.368. The van der Waals surface area contributed by atoms with Crippen LogP contribution in [0.4, 0.5) is 10.8 Å². The topological polar surface area (TPSA) is 59.9 Å². The fourth-order valence-corrected chi connectivity index (χ4v) is 4.50. The molecule has 0 amide bonds. The molecule has 146 valence electrons. The van der Waals surface area contributed by atoms with Gasteiger partial charge in [0.25, 0.3) is 0 Å². The van der Waals surface area contributed by atoms with Gasteiger partial charge < -0.3 is 10.1 Å². The number of methoxy groups -OCH3 is 1. The van der Waals surface area contributed by atoms with E-state index in [4.69, 9.17) is 4.74 Å². The number of nitrogens with one attached hydrogen (secondary N) is 1. The highest BCUT2D eigenvalue weighted by molar-refractivity contribution is 9.10. The molecule has 0 spiro atoms. The Hall–Kier alpha value is -2.77. The van der Waals surface area contributed by atoms with Gasteiger partial charge >= 0.3 is 0 Å². The first-order valence-corrected chi connectivity index (χ1v) is 10.6. The first-order valence-electron chi connectivity index (χ1n) is 9.00. The van der Waals surface area contributed by atoms with Crippen molar-refractivity contribution in [1.29, 1.82) is 0 Å². The molecule has 0 aliphatic rings. The van der Waals surface area contributed by atoms with Gasteiger partial charge in [-0.2, -0.15) is 0 Å². The van der Waals surface area contributed by atoms with Gasteiger partial charge in [0.1, 0.15) is 10.8 Å². The number of hydrogen-bond donors (Lipinski definition) is 1. The Labute approximate surface area is 181 Å². The minimum absolute atomic E-state index is 0.740. The lowest BCUT2D eigenvalue weighted by atomic mass is 10.00. The molecule has 4 aromatic rings. The van der Waals surface area contributed by atoms with Crippen molar-refractivity contribution in [2.24, 2.45) is 0 Å². The Morgan fingerprint density at radius 2 is 1.69 bits per heavy atom. The standard InChI is InChI=1S/C22H19BrN4OS/c1-13-8-14(2)10-17(9-13)25-22-27-26-21(29-22)18-11-16(23)12-19(28-3)20(18)15-4-6-24-7-5-15/h4-12H,1-3H3,(H,25,27). The SMILES string of the molecule is COc1cc(Br)cc(-c2nnc(Nc3cc(C)cc(C)c3)s2)c1-c1ccncc1. The number of nitrogens with zero attached hydrogens (tertiary/aromatic N) is 3. The van der Waals surface area contributed by atoms with Gasteiger partial charge in [0.05, 0.1) is 7.11 Å². The summed E-state index contributed by atoms with van der Waals surface area (Å²) in [5, 5.41) is 13.7. The van der Waals surface area contributed by atoms with Crippen LogP contribution in [0.15, 0.2) is 59.3 Å². The van der Waals surface area contributed by atoms with E-state index < -0.39 is 0 Å². The van der Waals surface area contributed by atoms with Crippen LogP contribution < -0.4 is 10.1 Å². The molecule has 2 heterocycles. The maximum atomic E-state index is 5.66. The van der Waals surface area contributed by atoms with Crippen molar-refractivity contribution in [3.05, 3.63) is 70.5 Å². The Bertz CT molecular complexity index is 1140. The van der Waals surface area contributed by atoms with Crippen LogP contribution in [-0.2, 0) is 0 Å². The van der Waals surface area contributed by atoms with E-state index in [-0.39, 0.29) is 0 Å². The molecular formula is C22H19BrN4OS. The highest BCUT2D eigenvalue weighted by atomic mass is 79.9. The molecule has 0 saturated heterocycles. The summed E-state index contributed by atoms with van der Waals surface area (Å²) in [6.45, 7) is 4.16. The van der Waals surface area contributed by atoms with Crippen molar-refractivity contribution in [3.63, 3.8) is 0 Å². The number of pyridine rings is 1. The average Bonchev–Trinajstić information content (AvgIpc) is 3.15. The minimum atomic E-state index is 0.740. The normalized spacial score (nSPS) is 10.8. The number of aryl methyl sites for hydroxylation is 2. The van der Waals surface area contributed by atoms with Crippen LogP contribution in [0, 0.1) is 13.8 Å². The predicted molar refractivity (Wildman–Crippen MR) is 122 cm³/mol. The van der Waals surface area contributed by atoms with Gasteiger partial charge in [0, 0.05) is 33.7 Å². The predicted octanol–water partition coefficient (Wildman–Crippen LogP) is 6.40. The zero-order valence-electron chi connectivity index (χ0n) is 16.2. The second-order valence-electron chi connectivity index (χ2n) is 6.68. The summed E-state index contributed by atoms with van der Waals surface area (Å²) < 4.78 is 6.58. The van der Waals surface area contributed by atoms with Crippen LogP contribution in [0.5, 0.6) is 5.75 Å². The number of rotatable bonds is 5. The van der Waals surface area contributed by atoms with Crippen molar-refractivity contribution < 1.29 is 4.74 Å². The molecule has 2 aromatic carbocycles. The fraction of sp³-hybridized carbons (Fsp3) is 0.136. The Morgan fingerprint density at radius 3 is 2.38 bits per heavy atom. The molecule has 4 rings (SSSR count). The van der Waals surface area contributed by atoms with E-state index in [0.717, 1.165) is 42.7 Å². The zero-order valence-corrected chi connectivity index (χ0v) is 18.6. The van der Waals surface area contributed by atoms with Crippen molar-refractivity contribution in [3.8, 4) is 27.4 Å². The first-order chi connectivity index (χ1) is 14.0. The number of halogens is 1. The summed E-state index contributed by atoms with van der Waals surface area (Å²) in [7, 11) is 1.67. The summed E-state index contributed by atoms with van der Waals surface area (Å²) in [6.07, 6.45) is 3.54. The van der Waals surface area contributed by atoms with Crippen LogP contribution in [0.3, 0.4) is 0 Å². The smallest absolute Gasteiger partial charge is 0.210 e. The second-order valence-corrected chi connectivity index (χ2v) is 8.57. The highest BCUT2D eigenvalue weighted by Crippen LogP contribution is 2.43. The van der Waals surface area contributed by atoms with Gasteiger partial charge in [0.2, 0.25) is 5.13 Å². The highest BCUT2D eigenvalue weighted by Gasteiger charge is 2.18. The lowest BCUT2D eigenvalue weighted by Gasteiger charge is -2.13. The van der Waals surface area contributed by atoms with Gasteiger partial charge in [-0.3, -0.25) is 4.98 Å². The van der Waals surface area contributed by atoms with Gasteiger partial charge in [0.15, 0.2) is 0 Å². The van der Waals surface area contributed by atoms with E-state index >= 15 is 0 Å². The number of ether oxygens (including phenoxy) is 1. The van der Waals surface area contributed by atoms with E-state index in [0.29, 0.717) is 0 Å². The summed E-state index contributed by atoms with van der Waals surface area (Å²) in [5.41, 5.74) is 6.34. The third-order valence-corrected chi connectivity index (χ3v) is 5.71. The van der Waals surface area contributed by atoms with Crippen LogP contribution in [0.1, 0.15) is 11.1 Å². The fourth-order valence-electron chi connectivity index (χ4n) is 3.28. The summed E-state index contributed by atoms with van der Waals surface area (Å²) in [6, 6.07) is 14.3. The zero-order chi connectivity index (χ0) is 20.4. The van der Waals surface area contributed by atoms with E-state index in [1.807, 2.05) is 24.3 Å². The van der Waals surface area contributed by atoms with Crippen molar-refractivity contribution >= 4 is 38.1 Å². The number of anilines is 2. The number of aromatic nitrogens is 3. The van der Waals surface area contributed by atoms with E-state index in [1.165, 1.54) is 22.5 Å². The molecule has 2 aromatic heterocycles. The summed E-state index contributed by atoms with van der Waals surface area (Å²) >= 11 is 5.09. The molecule has 0 radical (unpaired) electrons.